The fourth-order valence-electron chi connectivity index (χ4n) is 1.77. The Balaban J connectivity index is 2.13. The summed E-state index contributed by atoms with van der Waals surface area (Å²) in [5.74, 6) is -0.251. The van der Waals surface area contributed by atoms with Gasteiger partial charge in [-0.2, -0.15) is 0 Å². The molecule has 104 valence electrons. The molecule has 0 fully saturated rings. The van der Waals surface area contributed by atoms with Gasteiger partial charge in [-0.25, -0.2) is 4.98 Å². The third kappa shape index (κ3) is 3.27. The fraction of sp³-hybridized carbons (Fsp3) is 0.200. The molecule has 0 atom stereocenters. The van der Waals surface area contributed by atoms with Crippen molar-refractivity contribution in [3.05, 3.63) is 52.8 Å². The van der Waals surface area contributed by atoms with E-state index in [9.17, 15) is 4.79 Å². The fourth-order valence-corrected chi connectivity index (χ4v) is 1.94. The molecule has 5 heteroatoms. The summed E-state index contributed by atoms with van der Waals surface area (Å²) >= 11 is 6.02. The Morgan fingerprint density at radius 3 is 2.75 bits per heavy atom. The normalized spacial score (nSPS) is 10.2. The minimum atomic E-state index is -0.251. The van der Waals surface area contributed by atoms with Crippen LogP contribution in [0.1, 0.15) is 23.0 Å². The number of aromatic nitrogens is 1. The molecular formula is C15H16ClN3O. The van der Waals surface area contributed by atoms with Crippen LogP contribution in [0.15, 0.2) is 36.5 Å². The number of carbonyl (C=O) groups is 1. The van der Waals surface area contributed by atoms with E-state index >= 15 is 0 Å². The number of rotatable bonds is 4. The van der Waals surface area contributed by atoms with E-state index in [1.807, 2.05) is 26.0 Å². The summed E-state index contributed by atoms with van der Waals surface area (Å²) in [6, 6.07) is 8.91. The molecule has 0 radical (unpaired) electrons. The number of pyridine rings is 1. The van der Waals surface area contributed by atoms with Crippen LogP contribution in [0.3, 0.4) is 0 Å². The Bertz CT molecular complexity index is 611. The highest BCUT2D eigenvalue weighted by molar-refractivity contribution is 6.31. The summed E-state index contributed by atoms with van der Waals surface area (Å²) in [5.41, 5.74) is 2.79. The first kappa shape index (κ1) is 14.3. The van der Waals surface area contributed by atoms with Crippen molar-refractivity contribution < 1.29 is 4.79 Å². The van der Waals surface area contributed by atoms with Gasteiger partial charge in [-0.3, -0.25) is 4.79 Å². The second-order valence-electron chi connectivity index (χ2n) is 4.33. The van der Waals surface area contributed by atoms with Crippen LogP contribution in [-0.2, 0) is 0 Å². The first-order chi connectivity index (χ1) is 9.61. The molecule has 0 aliphatic carbocycles. The first-order valence-corrected chi connectivity index (χ1v) is 6.76. The Morgan fingerprint density at radius 1 is 1.30 bits per heavy atom. The highest BCUT2D eigenvalue weighted by atomic mass is 35.5. The summed E-state index contributed by atoms with van der Waals surface area (Å²) in [6.45, 7) is 4.68. The molecule has 1 heterocycles. The Kier molecular flexibility index (Phi) is 4.58. The van der Waals surface area contributed by atoms with E-state index in [0.717, 1.165) is 17.8 Å². The molecule has 2 aromatic rings. The van der Waals surface area contributed by atoms with Crippen LogP contribution in [0, 0.1) is 6.92 Å². The second-order valence-corrected chi connectivity index (χ2v) is 4.74. The number of nitrogens with one attached hydrogen (secondary N) is 2. The van der Waals surface area contributed by atoms with Crippen LogP contribution in [0.4, 0.5) is 11.4 Å². The van der Waals surface area contributed by atoms with Gasteiger partial charge in [0.05, 0.1) is 11.9 Å². The average molecular weight is 290 g/mol. The van der Waals surface area contributed by atoms with Gasteiger partial charge in [0.25, 0.3) is 5.91 Å². The highest BCUT2D eigenvalue weighted by Gasteiger charge is 2.10. The number of carbonyl (C=O) groups excluding carboxylic acids is 1. The molecule has 0 saturated carbocycles. The van der Waals surface area contributed by atoms with Gasteiger partial charge in [-0.15, -0.1) is 0 Å². The van der Waals surface area contributed by atoms with Crippen molar-refractivity contribution in [3.8, 4) is 0 Å². The van der Waals surface area contributed by atoms with Gasteiger partial charge in [0.2, 0.25) is 0 Å². The van der Waals surface area contributed by atoms with Gasteiger partial charge in [0, 0.05) is 17.3 Å². The third-order valence-corrected chi connectivity index (χ3v) is 3.30. The lowest BCUT2D eigenvalue weighted by atomic mass is 10.2. The van der Waals surface area contributed by atoms with E-state index in [1.165, 1.54) is 0 Å². The third-order valence-electron chi connectivity index (χ3n) is 2.89. The highest BCUT2D eigenvalue weighted by Crippen LogP contribution is 2.23. The number of hydrogen-bond donors (Lipinski definition) is 2. The largest absolute Gasteiger partial charge is 0.384 e. The summed E-state index contributed by atoms with van der Waals surface area (Å²) < 4.78 is 0. The van der Waals surface area contributed by atoms with E-state index in [4.69, 9.17) is 11.6 Å². The maximum Gasteiger partial charge on any atom is 0.274 e. The molecule has 20 heavy (non-hydrogen) atoms. The van der Waals surface area contributed by atoms with E-state index in [0.29, 0.717) is 16.4 Å². The van der Waals surface area contributed by atoms with E-state index in [1.54, 1.807) is 24.4 Å². The van der Waals surface area contributed by atoms with Crippen molar-refractivity contribution in [2.24, 2.45) is 0 Å². The molecule has 1 aromatic carbocycles. The summed E-state index contributed by atoms with van der Waals surface area (Å²) in [6.07, 6.45) is 1.64. The van der Waals surface area contributed by atoms with Gasteiger partial charge >= 0.3 is 0 Å². The molecule has 0 spiro atoms. The molecule has 1 aromatic heterocycles. The lowest BCUT2D eigenvalue weighted by molar-refractivity contribution is 0.102. The van der Waals surface area contributed by atoms with Crippen LogP contribution in [0.2, 0.25) is 5.02 Å². The van der Waals surface area contributed by atoms with Gasteiger partial charge in [0.15, 0.2) is 0 Å². The zero-order valence-electron chi connectivity index (χ0n) is 11.4. The van der Waals surface area contributed by atoms with Crippen molar-refractivity contribution >= 4 is 28.9 Å². The van der Waals surface area contributed by atoms with Gasteiger partial charge in [-0.05, 0) is 43.7 Å². The molecule has 0 bridgehead atoms. The first-order valence-electron chi connectivity index (χ1n) is 6.38. The minimum Gasteiger partial charge on any atom is -0.384 e. The maximum absolute atomic E-state index is 12.1. The standard InChI is InChI=1S/C15H16ClN3O/c1-3-17-11-7-8-14(18-9-11)15(20)19-13-6-4-5-12(16)10(13)2/h4-9,17H,3H2,1-2H3,(H,19,20). The number of nitrogens with zero attached hydrogens (tertiary/aromatic N) is 1. The lowest BCUT2D eigenvalue weighted by Gasteiger charge is -2.09. The Hall–Kier alpha value is -2.07. The molecule has 2 rings (SSSR count). The molecule has 0 saturated heterocycles. The monoisotopic (exact) mass is 289 g/mol. The molecule has 4 nitrogen and oxygen atoms in total. The number of halogens is 1. The molecule has 2 N–H and O–H groups in total. The summed E-state index contributed by atoms with van der Waals surface area (Å²) in [7, 11) is 0. The maximum atomic E-state index is 12.1. The van der Waals surface area contributed by atoms with Crippen LogP contribution < -0.4 is 10.6 Å². The van der Waals surface area contributed by atoms with E-state index in [-0.39, 0.29) is 5.91 Å². The number of anilines is 2. The zero-order chi connectivity index (χ0) is 14.5. The average Bonchev–Trinajstić information content (AvgIpc) is 2.45. The van der Waals surface area contributed by atoms with Crippen molar-refractivity contribution in [2.75, 3.05) is 17.2 Å². The van der Waals surface area contributed by atoms with Crippen molar-refractivity contribution in [3.63, 3.8) is 0 Å². The lowest BCUT2D eigenvalue weighted by Crippen LogP contribution is -2.14. The van der Waals surface area contributed by atoms with Crippen molar-refractivity contribution in [1.82, 2.24) is 4.98 Å². The van der Waals surface area contributed by atoms with Crippen LogP contribution in [0.5, 0.6) is 0 Å². The van der Waals surface area contributed by atoms with Crippen LogP contribution in [0.25, 0.3) is 0 Å². The number of hydrogen-bond acceptors (Lipinski definition) is 3. The second kappa shape index (κ2) is 6.39. The van der Waals surface area contributed by atoms with E-state index in [2.05, 4.69) is 15.6 Å². The number of amides is 1. The Labute approximate surface area is 123 Å². The molecule has 1 amide bonds. The SMILES string of the molecule is CCNc1ccc(C(=O)Nc2cccc(Cl)c2C)nc1. The summed E-state index contributed by atoms with van der Waals surface area (Å²) in [5, 5.41) is 6.56. The predicted octanol–water partition coefficient (Wildman–Crippen LogP) is 3.73. The van der Waals surface area contributed by atoms with Crippen LogP contribution in [-0.4, -0.2) is 17.4 Å². The molecular weight excluding hydrogens is 274 g/mol. The zero-order valence-corrected chi connectivity index (χ0v) is 12.2. The molecule has 0 unspecified atom stereocenters. The quantitative estimate of drug-likeness (QED) is 0.902. The topological polar surface area (TPSA) is 54.0 Å². The van der Waals surface area contributed by atoms with Crippen molar-refractivity contribution in [2.45, 2.75) is 13.8 Å². The number of benzene rings is 1. The van der Waals surface area contributed by atoms with Crippen LogP contribution >= 0.6 is 11.6 Å². The molecule has 0 aliphatic rings. The van der Waals surface area contributed by atoms with Gasteiger partial charge in [-0.1, -0.05) is 17.7 Å². The minimum absolute atomic E-state index is 0.251. The van der Waals surface area contributed by atoms with E-state index < -0.39 is 0 Å². The van der Waals surface area contributed by atoms with Gasteiger partial charge < -0.3 is 10.6 Å². The Morgan fingerprint density at radius 2 is 2.10 bits per heavy atom. The predicted molar refractivity (Wildman–Crippen MR) is 82.5 cm³/mol. The smallest absolute Gasteiger partial charge is 0.274 e. The van der Waals surface area contributed by atoms with Crippen molar-refractivity contribution in [1.29, 1.82) is 0 Å². The summed E-state index contributed by atoms with van der Waals surface area (Å²) in [4.78, 5) is 16.2. The van der Waals surface area contributed by atoms with Gasteiger partial charge in [0.1, 0.15) is 5.69 Å². The molecule has 0 aliphatic heterocycles.